The summed E-state index contributed by atoms with van der Waals surface area (Å²) in [4.78, 5) is 27.0. The molecule has 7 nitrogen and oxygen atoms in total. The number of aryl methyl sites for hydroxylation is 1. The van der Waals surface area contributed by atoms with Crippen LogP contribution in [0.5, 0.6) is 17.2 Å². The number of rotatable bonds is 8. The van der Waals surface area contributed by atoms with Gasteiger partial charge >= 0.3 is 0 Å². The predicted octanol–water partition coefficient (Wildman–Crippen LogP) is 3.07. The average Bonchev–Trinajstić information content (AvgIpc) is 2.82. The summed E-state index contributed by atoms with van der Waals surface area (Å²) < 4.78 is 15.8. The summed E-state index contributed by atoms with van der Waals surface area (Å²) in [7, 11) is 4.78. The van der Waals surface area contributed by atoms with E-state index in [1.807, 2.05) is 29.2 Å². The van der Waals surface area contributed by atoms with Crippen molar-refractivity contribution in [2.75, 3.05) is 34.4 Å². The minimum absolute atomic E-state index is 0.0635. The molecule has 1 saturated heterocycles. The second-order valence-corrected chi connectivity index (χ2v) is 7.55. The molecule has 1 N–H and O–H groups in total. The van der Waals surface area contributed by atoms with E-state index in [-0.39, 0.29) is 17.9 Å². The molecule has 1 aliphatic heterocycles. The molecule has 31 heavy (non-hydrogen) atoms. The number of likely N-dealkylation sites (tertiary alicyclic amines) is 1. The van der Waals surface area contributed by atoms with Crippen LogP contribution in [0.3, 0.4) is 0 Å². The lowest BCUT2D eigenvalue weighted by atomic mass is 10.0. The molecule has 0 unspecified atom stereocenters. The van der Waals surface area contributed by atoms with E-state index in [0.717, 1.165) is 18.4 Å². The van der Waals surface area contributed by atoms with E-state index in [0.29, 0.717) is 48.7 Å². The Morgan fingerprint density at radius 1 is 0.968 bits per heavy atom. The van der Waals surface area contributed by atoms with Crippen LogP contribution in [0, 0.1) is 0 Å². The van der Waals surface area contributed by atoms with Crippen LogP contribution in [-0.2, 0) is 11.2 Å². The molecule has 0 aromatic heterocycles. The third-order valence-corrected chi connectivity index (χ3v) is 5.59. The molecular formula is C24H30N2O5. The van der Waals surface area contributed by atoms with Crippen LogP contribution >= 0.6 is 0 Å². The lowest BCUT2D eigenvalue weighted by Crippen LogP contribution is -2.46. The van der Waals surface area contributed by atoms with E-state index < -0.39 is 0 Å². The number of carbonyl (C=O) groups excluding carboxylic acids is 2. The highest BCUT2D eigenvalue weighted by molar-refractivity contribution is 5.94. The highest BCUT2D eigenvalue weighted by Crippen LogP contribution is 2.28. The van der Waals surface area contributed by atoms with Crippen molar-refractivity contribution in [3.63, 3.8) is 0 Å². The van der Waals surface area contributed by atoms with Crippen molar-refractivity contribution in [3.05, 3.63) is 53.6 Å². The maximum absolute atomic E-state index is 12.6. The number of piperidine rings is 1. The smallest absolute Gasteiger partial charge is 0.251 e. The van der Waals surface area contributed by atoms with Crippen molar-refractivity contribution in [3.8, 4) is 17.2 Å². The van der Waals surface area contributed by atoms with Gasteiger partial charge in [-0.2, -0.15) is 0 Å². The molecule has 0 bridgehead atoms. The van der Waals surface area contributed by atoms with Crippen LogP contribution in [0.25, 0.3) is 0 Å². The quantitative estimate of drug-likeness (QED) is 0.702. The molecule has 2 aromatic carbocycles. The fourth-order valence-electron chi connectivity index (χ4n) is 3.75. The number of nitrogens with one attached hydrogen (secondary N) is 1. The minimum Gasteiger partial charge on any atom is -0.497 e. The summed E-state index contributed by atoms with van der Waals surface area (Å²) >= 11 is 0. The molecule has 1 fully saturated rings. The number of methoxy groups -OCH3 is 3. The summed E-state index contributed by atoms with van der Waals surface area (Å²) in [5.41, 5.74) is 1.61. The third kappa shape index (κ3) is 5.90. The van der Waals surface area contributed by atoms with Gasteiger partial charge < -0.3 is 24.4 Å². The van der Waals surface area contributed by atoms with Crippen LogP contribution in [-0.4, -0.2) is 57.2 Å². The summed E-state index contributed by atoms with van der Waals surface area (Å²) in [5.74, 6) is 2.02. The number of hydrogen-bond donors (Lipinski definition) is 1. The Morgan fingerprint density at radius 2 is 1.71 bits per heavy atom. The van der Waals surface area contributed by atoms with Crippen molar-refractivity contribution in [2.45, 2.75) is 31.7 Å². The Bertz CT molecular complexity index is 907. The largest absolute Gasteiger partial charge is 0.497 e. The van der Waals surface area contributed by atoms with Gasteiger partial charge in [-0.25, -0.2) is 0 Å². The molecule has 0 radical (unpaired) electrons. The monoisotopic (exact) mass is 426 g/mol. The van der Waals surface area contributed by atoms with Crippen molar-refractivity contribution < 1.29 is 23.8 Å². The van der Waals surface area contributed by atoms with E-state index in [9.17, 15) is 9.59 Å². The summed E-state index contributed by atoms with van der Waals surface area (Å²) in [6.45, 7) is 1.29. The highest BCUT2D eigenvalue weighted by atomic mass is 16.5. The van der Waals surface area contributed by atoms with E-state index in [4.69, 9.17) is 14.2 Å². The molecule has 1 heterocycles. The van der Waals surface area contributed by atoms with Gasteiger partial charge in [0.15, 0.2) is 11.5 Å². The molecule has 0 spiro atoms. The third-order valence-electron chi connectivity index (χ3n) is 5.59. The van der Waals surface area contributed by atoms with Crippen LogP contribution in [0.1, 0.15) is 35.2 Å². The Morgan fingerprint density at radius 3 is 2.39 bits per heavy atom. The van der Waals surface area contributed by atoms with Gasteiger partial charge in [0.2, 0.25) is 5.91 Å². The Hall–Kier alpha value is -3.22. The van der Waals surface area contributed by atoms with Crippen LogP contribution in [0.15, 0.2) is 42.5 Å². The number of amides is 2. The number of hydrogen-bond acceptors (Lipinski definition) is 5. The summed E-state index contributed by atoms with van der Waals surface area (Å²) in [6.07, 6.45) is 2.58. The van der Waals surface area contributed by atoms with Gasteiger partial charge in [-0.3, -0.25) is 9.59 Å². The second kappa shape index (κ2) is 10.7. The SMILES string of the molecule is COc1cccc(C(=O)NC2CCN(C(=O)CCc3ccc(OC)c(OC)c3)CC2)c1. The first kappa shape index (κ1) is 22.5. The fraction of sp³-hybridized carbons (Fsp3) is 0.417. The van der Waals surface area contributed by atoms with Gasteiger partial charge in [0.1, 0.15) is 5.75 Å². The van der Waals surface area contributed by atoms with Gasteiger partial charge in [-0.05, 0) is 55.2 Å². The Kier molecular flexibility index (Phi) is 7.76. The summed E-state index contributed by atoms with van der Waals surface area (Å²) in [6, 6.07) is 12.9. The van der Waals surface area contributed by atoms with Crippen molar-refractivity contribution in [2.24, 2.45) is 0 Å². The molecule has 2 aromatic rings. The highest BCUT2D eigenvalue weighted by Gasteiger charge is 2.24. The molecule has 0 atom stereocenters. The molecule has 3 rings (SSSR count). The number of carbonyl (C=O) groups is 2. The van der Waals surface area contributed by atoms with Gasteiger partial charge in [0, 0.05) is 31.1 Å². The minimum atomic E-state index is -0.114. The normalized spacial score (nSPS) is 14.1. The molecule has 1 aliphatic rings. The second-order valence-electron chi connectivity index (χ2n) is 7.55. The van der Waals surface area contributed by atoms with E-state index in [1.54, 1.807) is 39.5 Å². The molecular weight excluding hydrogens is 396 g/mol. The average molecular weight is 427 g/mol. The molecule has 7 heteroatoms. The molecule has 0 aliphatic carbocycles. The van der Waals surface area contributed by atoms with Crippen LogP contribution in [0.4, 0.5) is 0 Å². The zero-order valence-electron chi connectivity index (χ0n) is 18.3. The van der Waals surface area contributed by atoms with E-state index in [1.165, 1.54) is 0 Å². The van der Waals surface area contributed by atoms with Crippen molar-refractivity contribution in [1.82, 2.24) is 10.2 Å². The van der Waals surface area contributed by atoms with Crippen molar-refractivity contribution in [1.29, 1.82) is 0 Å². The first-order valence-electron chi connectivity index (χ1n) is 10.5. The van der Waals surface area contributed by atoms with Gasteiger partial charge in [0.05, 0.1) is 21.3 Å². The zero-order chi connectivity index (χ0) is 22.2. The van der Waals surface area contributed by atoms with Crippen LogP contribution in [0.2, 0.25) is 0 Å². The van der Waals surface area contributed by atoms with Gasteiger partial charge in [-0.1, -0.05) is 12.1 Å². The maximum Gasteiger partial charge on any atom is 0.251 e. The molecule has 166 valence electrons. The van der Waals surface area contributed by atoms with E-state index in [2.05, 4.69) is 5.32 Å². The van der Waals surface area contributed by atoms with Crippen LogP contribution < -0.4 is 19.5 Å². The fourth-order valence-corrected chi connectivity index (χ4v) is 3.75. The molecule has 2 amide bonds. The number of benzene rings is 2. The molecule has 0 saturated carbocycles. The van der Waals surface area contributed by atoms with Gasteiger partial charge in [0.25, 0.3) is 5.91 Å². The lowest BCUT2D eigenvalue weighted by molar-refractivity contribution is -0.132. The zero-order valence-corrected chi connectivity index (χ0v) is 18.3. The maximum atomic E-state index is 12.6. The topological polar surface area (TPSA) is 77.1 Å². The number of nitrogens with zero attached hydrogens (tertiary/aromatic N) is 1. The Balaban J connectivity index is 1.46. The predicted molar refractivity (Wildman–Crippen MR) is 118 cm³/mol. The van der Waals surface area contributed by atoms with Crippen molar-refractivity contribution >= 4 is 11.8 Å². The first-order valence-corrected chi connectivity index (χ1v) is 10.5. The number of ether oxygens (including phenoxy) is 3. The van der Waals surface area contributed by atoms with Gasteiger partial charge in [-0.15, -0.1) is 0 Å². The van der Waals surface area contributed by atoms with E-state index >= 15 is 0 Å². The first-order chi connectivity index (χ1) is 15.0. The summed E-state index contributed by atoms with van der Waals surface area (Å²) in [5, 5.41) is 3.07. The Labute approximate surface area is 183 Å². The lowest BCUT2D eigenvalue weighted by Gasteiger charge is -2.32. The standard InChI is InChI=1S/C24H30N2O5/c1-29-20-6-4-5-18(16-20)24(28)25-19-11-13-26(14-12-19)23(27)10-8-17-7-9-21(30-2)22(15-17)31-3/h4-7,9,15-16,19H,8,10-14H2,1-3H3,(H,25,28).